The maximum absolute atomic E-state index is 12.5. The van der Waals surface area contributed by atoms with Crippen LogP contribution in [0.3, 0.4) is 0 Å². The van der Waals surface area contributed by atoms with Gasteiger partial charge in [0.15, 0.2) is 0 Å². The second-order valence-electron chi connectivity index (χ2n) is 9.24. The molecule has 2 heterocycles. The molecule has 0 N–H and O–H groups in total. The van der Waals surface area contributed by atoms with Crippen LogP contribution in [0.5, 0.6) is 0 Å². The molecular formula is C24H35N3O3. The van der Waals surface area contributed by atoms with Crippen molar-refractivity contribution in [2.24, 2.45) is 5.41 Å². The number of aryl methyl sites for hydroxylation is 1. The van der Waals surface area contributed by atoms with Crippen LogP contribution in [0.4, 0.5) is 4.79 Å². The number of allylic oxidation sites excluding steroid dienone is 6. The maximum Gasteiger partial charge on any atom is 0.410 e. The number of hydrogen-bond acceptors (Lipinski definition) is 5. The van der Waals surface area contributed by atoms with Gasteiger partial charge in [-0.25, -0.2) is 14.8 Å². The Labute approximate surface area is 180 Å². The van der Waals surface area contributed by atoms with Crippen molar-refractivity contribution in [3.05, 3.63) is 53.2 Å². The lowest BCUT2D eigenvalue weighted by molar-refractivity contribution is 0.0222. The highest BCUT2D eigenvalue weighted by atomic mass is 16.6. The fourth-order valence-electron chi connectivity index (χ4n) is 3.23. The number of ether oxygens (including phenoxy) is 2. The van der Waals surface area contributed by atoms with E-state index in [2.05, 4.69) is 53.9 Å². The quantitative estimate of drug-likeness (QED) is 0.657. The summed E-state index contributed by atoms with van der Waals surface area (Å²) in [5.74, 6) is 0.760. The van der Waals surface area contributed by atoms with E-state index in [9.17, 15) is 4.79 Å². The van der Waals surface area contributed by atoms with Crippen molar-refractivity contribution in [1.82, 2.24) is 14.9 Å². The Morgan fingerprint density at radius 2 is 1.83 bits per heavy atom. The molecule has 0 fully saturated rings. The van der Waals surface area contributed by atoms with Gasteiger partial charge in [0, 0.05) is 43.7 Å². The van der Waals surface area contributed by atoms with Crippen molar-refractivity contribution in [3.8, 4) is 0 Å². The van der Waals surface area contributed by atoms with Crippen LogP contribution in [0.1, 0.15) is 57.4 Å². The Balaban J connectivity index is 0.00000101. The first-order valence-corrected chi connectivity index (χ1v) is 10.3. The summed E-state index contributed by atoms with van der Waals surface area (Å²) in [6.45, 7) is 13.0. The normalized spacial score (nSPS) is 17.3. The molecule has 0 saturated carbocycles. The minimum atomic E-state index is -0.507. The molecule has 1 aliphatic heterocycles. The fourth-order valence-corrected chi connectivity index (χ4v) is 3.23. The highest BCUT2D eigenvalue weighted by Crippen LogP contribution is 2.30. The molecular weight excluding hydrogens is 378 g/mol. The molecule has 30 heavy (non-hydrogen) atoms. The first-order chi connectivity index (χ1) is 14.0. The Morgan fingerprint density at radius 1 is 1.17 bits per heavy atom. The summed E-state index contributed by atoms with van der Waals surface area (Å²) in [5, 5.41) is 0. The zero-order valence-electron chi connectivity index (χ0n) is 19.6. The van der Waals surface area contributed by atoms with Gasteiger partial charge in [0.25, 0.3) is 0 Å². The molecule has 0 spiro atoms. The van der Waals surface area contributed by atoms with Gasteiger partial charge in [-0.2, -0.15) is 0 Å². The van der Waals surface area contributed by atoms with Crippen molar-refractivity contribution in [2.45, 2.75) is 60.1 Å². The molecule has 3 rings (SSSR count). The van der Waals surface area contributed by atoms with Gasteiger partial charge >= 0.3 is 6.09 Å². The van der Waals surface area contributed by atoms with Crippen molar-refractivity contribution < 1.29 is 14.3 Å². The number of amides is 1. The van der Waals surface area contributed by atoms with E-state index in [0.29, 0.717) is 19.5 Å². The number of carbonyl (C=O) groups excluding carboxylic acids is 1. The van der Waals surface area contributed by atoms with Crippen LogP contribution >= 0.6 is 0 Å². The molecule has 1 aromatic heterocycles. The summed E-state index contributed by atoms with van der Waals surface area (Å²) in [6.07, 6.45) is 11.1. The SMILES string of the molecule is COC.Cc1nc2c(c(C3=CC=CC(C)(C)C=C3)n1)CN(C(=O)OC(C)(C)C)CC2. The van der Waals surface area contributed by atoms with E-state index >= 15 is 0 Å². The van der Waals surface area contributed by atoms with Crippen LogP contribution < -0.4 is 0 Å². The van der Waals surface area contributed by atoms with E-state index < -0.39 is 5.60 Å². The average Bonchev–Trinajstić information content (AvgIpc) is 2.80. The summed E-state index contributed by atoms with van der Waals surface area (Å²) in [4.78, 5) is 23.6. The number of rotatable bonds is 1. The summed E-state index contributed by atoms with van der Waals surface area (Å²) in [6, 6.07) is 0. The smallest absolute Gasteiger partial charge is 0.410 e. The van der Waals surface area contributed by atoms with Gasteiger partial charge in [-0.1, -0.05) is 44.2 Å². The number of aromatic nitrogens is 2. The van der Waals surface area contributed by atoms with E-state index in [1.54, 1.807) is 19.1 Å². The number of carbonyl (C=O) groups is 1. The van der Waals surface area contributed by atoms with Crippen molar-refractivity contribution in [1.29, 1.82) is 0 Å². The van der Waals surface area contributed by atoms with Gasteiger partial charge in [0.2, 0.25) is 0 Å². The van der Waals surface area contributed by atoms with Crippen LogP contribution in [-0.2, 0) is 22.4 Å². The summed E-state index contributed by atoms with van der Waals surface area (Å²) < 4.78 is 9.80. The molecule has 6 heteroatoms. The zero-order valence-corrected chi connectivity index (χ0v) is 19.6. The average molecular weight is 414 g/mol. The minimum Gasteiger partial charge on any atom is -0.444 e. The molecule has 1 aliphatic carbocycles. The number of nitrogens with zero attached hydrogens (tertiary/aromatic N) is 3. The van der Waals surface area contributed by atoms with Gasteiger partial charge < -0.3 is 14.4 Å². The highest BCUT2D eigenvalue weighted by Gasteiger charge is 2.29. The fraction of sp³-hybridized carbons (Fsp3) is 0.542. The Kier molecular flexibility index (Phi) is 7.59. The van der Waals surface area contributed by atoms with Crippen LogP contribution in [-0.4, -0.2) is 47.3 Å². The lowest BCUT2D eigenvalue weighted by Crippen LogP contribution is -2.40. The van der Waals surface area contributed by atoms with Crippen LogP contribution in [0, 0.1) is 12.3 Å². The van der Waals surface area contributed by atoms with Gasteiger partial charge in [0.1, 0.15) is 11.4 Å². The van der Waals surface area contributed by atoms with Gasteiger partial charge in [0.05, 0.1) is 17.9 Å². The van der Waals surface area contributed by atoms with E-state index in [-0.39, 0.29) is 11.5 Å². The molecule has 0 bridgehead atoms. The van der Waals surface area contributed by atoms with E-state index in [1.807, 2.05) is 27.7 Å². The monoisotopic (exact) mass is 413 g/mol. The topological polar surface area (TPSA) is 64.6 Å². The second-order valence-corrected chi connectivity index (χ2v) is 9.24. The molecule has 164 valence electrons. The lowest BCUT2D eigenvalue weighted by atomic mass is 9.92. The Bertz CT molecular complexity index is 861. The van der Waals surface area contributed by atoms with E-state index in [4.69, 9.17) is 9.72 Å². The maximum atomic E-state index is 12.5. The predicted molar refractivity (Wildman–Crippen MR) is 120 cm³/mol. The molecule has 0 radical (unpaired) electrons. The van der Waals surface area contributed by atoms with Gasteiger partial charge in [-0.15, -0.1) is 0 Å². The van der Waals surface area contributed by atoms with E-state index in [1.165, 1.54) is 0 Å². The summed E-state index contributed by atoms with van der Waals surface area (Å²) in [7, 11) is 3.25. The van der Waals surface area contributed by atoms with E-state index in [0.717, 1.165) is 28.3 Å². The second kappa shape index (κ2) is 9.56. The third-order valence-corrected chi connectivity index (χ3v) is 4.59. The van der Waals surface area contributed by atoms with Gasteiger partial charge in [-0.3, -0.25) is 0 Å². The molecule has 1 aromatic rings. The van der Waals surface area contributed by atoms with Crippen LogP contribution in [0.25, 0.3) is 5.57 Å². The molecule has 0 saturated heterocycles. The number of methoxy groups -OCH3 is 1. The molecule has 0 aromatic carbocycles. The molecule has 1 amide bonds. The first kappa shape index (κ1) is 23.8. The highest BCUT2D eigenvalue weighted by molar-refractivity contribution is 5.77. The predicted octanol–water partition coefficient (Wildman–Crippen LogP) is 4.88. The third-order valence-electron chi connectivity index (χ3n) is 4.59. The van der Waals surface area contributed by atoms with Gasteiger partial charge in [-0.05, 0) is 27.7 Å². The zero-order chi connectivity index (χ0) is 22.5. The molecule has 2 aliphatic rings. The molecule has 6 nitrogen and oxygen atoms in total. The third kappa shape index (κ3) is 6.52. The van der Waals surface area contributed by atoms with Crippen molar-refractivity contribution in [3.63, 3.8) is 0 Å². The number of hydrogen-bond donors (Lipinski definition) is 0. The van der Waals surface area contributed by atoms with Crippen molar-refractivity contribution >= 4 is 11.7 Å². The van der Waals surface area contributed by atoms with Crippen LogP contribution in [0.15, 0.2) is 30.4 Å². The minimum absolute atomic E-state index is 0.00291. The van der Waals surface area contributed by atoms with Crippen molar-refractivity contribution in [2.75, 3.05) is 20.8 Å². The first-order valence-electron chi connectivity index (χ1n) is 10.3. The Morgan fingerprint density at radius 3 is 2.47 bits per heavy atom. The van der Waals surface area contributed by atoms with Crippen LogP contribution in [0.2, 0.25) is 0 Å². The summed E-state index contributed by atoms with van der Waals surface area (Å²) in [5.41, 5.74) is 3.49. The molecule has 0 atom stereocenters. The lowest BCUT2D eigenvalue weighted by Gasteiger charge is -2.31. The molecule has 0 unspecified atom stereocenters. The largest absolute Gasteiger partial charge is 0.444 e. The Hall–Kier alpha value is -2.47. The standard InChI is InChI=1S/C22H29N3O2.C2H6O/c1-15-23-18-10-13-25(20(26)27-21(2,3)4)14-17(18)19(24-15)16-8-7-11-22(5,6)12-9-16;1-3-2/h7-9,11-12H,10,13-14H2,1-6H3;1-2H3. The number of fused-ring (bicyclic) bond motifs is 1. The summed E-state index contributed by atoms with van der Waals surface area (Å²) >= 11 is 0.